The van der Waals surface area contributed by atoms with Crippen molar-refractivity contribution in [3.63, 3.8) is 0 Å². The summed E-state index contributed by atoms with van der Waals surface area (Å²) in [6.45, 7) is 14.1. The Bertz CT molecular complexity index is 2460. The second kappa shape index (κ2) is 10.4. The van der Waals surface area contributed by atoms with Gasteiger partial charge in [0.1, 0.15) is 11.2 Å². The van der Waals surface area contributed by atoms with Crippen LogP contribution in [0.1, 0.15) is 84.5 Å². The van der Waals surface area contributed by atoms with Crippen LogP contribution in [-0.2, 0) is 23.5 Å². The van der Waals surface area contributed by atoms with Gasteiger partial charge in [-0.2, -0.15) is 14.2 Å². The van der Waals surface area contributed by atoms with Crippen LogP contribution in [0.2, 0.25) is 0 Å². The van der Waals surface area contributed by atoms with Gasteiger partial charge in [0, 0.05) is 88.7 Å². The average Bonchev–Trinajstić information content (AvgIpc) is 3.79. The summed E-state index contributed by atoms with van der Waals surface area (Å²) in [5.74, 6) is 0. The number of benzene rings is 3. The van der Waals surface area contributed by atoms with E-state index in [4.69, 9.17) is 5.10 Å². The second-order valence-electron chi connectivity index (χ2n) is 15.8. The van der Waals surface area contributed by atoms with Crippen molar-refractivity contribution in [2.24, 2.45) is 7.05 Å². The van der Waals surface area contributed by atoms with Crippen LogP contribution in [0, 0.1) is 0 Å². The summed E-state index contributed by atoms with van der Waals surface area (Å²) in [6, 6.07) is 36.7. The largest absolute Gasteiger partial charge is 0.344 e. The smallest absolute Gasteiger partial charge is 0.231 e. The summed E-state index contributed by atoms with van der Waals surface area (Å²) in [7, 11) is 2.22. The average molecular weight is 646 g/mol. The number of aryl methyl sites for hydroxylation is 1. The first-order valence-corrected chi connectivity index (χ1v) is 18.2. The molecule has 0 aliphatic carbocycles. The van der Waals surface area contributed by atoms with Crippen molar-refractivity contribution in [3.8, 4) is 22.6 Å². The quantitative estimate of drug-likeness (QED) is 0.172. The molecule has 3 atom stereocenters. The van der Waals surface area contributed by atoms with E-state index in [1.165, 1.54) is 60.9 Å². The Hall–Kier alpha value is -4.77. The fourth-order valence-electron chi connectivity index (χ4n) is 9.68. The van der Waals surface area contributed by atoms with Crippen LogP contribution in [0.5, 0.6) is 0 Å². The van der Waals surface area contributed by atoms with E-state index < -0.39 is 0 Å². The lowest BCUT2D eigenvalue weighted by atomic mass is 9.68. The van der Waals surface area contributed by atoms with E-state index in [-0.39, 0.29) is 22.5 Å². The van der Waals surface area contributed by atoms with Gasteiger partial charge in [0.05, 0.1) is 11.3 Å². The van der Waals surface area contributed by atoms with Crippen molar-refractivity contribution in [2.75, 3.05) is 0 Å². The zero-order chi connectivity index (χ0) is 33.9. The molecular weight excluding hydrogens is 599 g/mol. The fraction of sp³-hybridized carbons (Fsp3) is 0.341. The Balaban J connectivity index is 1.25. The minimum Gasteiger partial charge on any atom is -0.344 e. The van der Waals surface area contributed by atoms with Gasteiger partial charge in [-0.15, -0.1) is 0 Å². The molecule has 0 N–H and O–H groups in total. The van der Waals surface area contributed by atoms with Crippen LogP contribution in [0.15, 0.2) is 103 Å². The van der Waals surface area contributed by atoms with E-state index in [0.29, 0.717) is 0 Å². The molecule has 9 rings (SSSR count). The van der Waals surface area contributed by atoms with Crippen LogP contribution in [-0.4, -0.2) is 14.3 Å². The van der Waals surface area contributed by atoms with Gasteiger partial charge in [0.15, 0.2) is 17.8 Å². The van der Waals surface area contributed by atoms with Crippen molar-refractivity contribution in [2.45, 2.75) is 89.8 Å². The molecule has 3 aromatic carbocycles. The molecule has 246 valence electrons. The van der Waals surface area contributed by atoms with Gasteiger partial charge in [-0.25, -0.2) is 4.68 Å². The van der Waals surface area contributed by atoms with Crippen molar-refractivity contribution < 1.29 is 9.13 Å². The van der Waals surface area contributed by atoms with Crippen molar-refractivity contribution in [1.82, 2.24) is 14.3 Å². The number of pyridine rings is 2. The van der Waals surface area contributed by atoms with Gasteiger partial charge >= 0.3 is 0 Å². The van der Waals surface area contributed by atoms with E-state index >= 15 is 0 Å². The number of rotatable bonds is 5. The Kier molecular flexibility index (Phi) is 6.41. The minimum absolute atomic E-state index is 0.0322. The summed E-state index contributed by atoms with van der Waals surface area (Å²) in [5, 5.41) is 9.38. The normalized spacial score (nSPS) is 21.2. The number of nitrogens with zero attached hydrogens (tertiary/aromatic N) is 5. The van der Waals surface area contributed by atoms with Gasteiger partial charge in [0.25, 0.3) is 0 Å². The topological polar surface area (TPSA) is 30.5 Å². The van der Waals surface area contributed by atoms with E-state index in [1.54, 1.807) is 0 Å². The molecular formula is C44H47N5+2. The second-order valence-corrected chi connectivity index (χ2v) is 15.8. The van der Waals surface area contributed by atoms with E-state index in [0.717, 1.165) is 31.4 Å². The lowest BCUT2D eigenvalue weighted by molar-refractivity contribution is -0.776. The van der Waals surface area contributed by atoms with Crippen LogP contribution in [0.25, 0.3) is 55.4 Å². The number of fused-ring (bicyclic) bond motifs is 11. The van der Waals surface area contributed by atoms with Gasteiger partial charge in [0.2, 0.25) is 16.9 Å². The molecule has 5 nitrogen and oxygen atoms in total. The molecule has 5 heteroatoms. The highest BCUT2D eigenvalue weighted by Crippen LogP contribution is 2.50. The monoisotopic (exact) mass is 645 g/mol. The lowest BCUT2D eigenvalue weighted by Crippen LogP contribution is -2.71. The molecule has 0 saturated carbocycles. The van der Waals surface area contributed by atoms with Gasteiger partial charge < -0.3 is 4.57 Å². The molecule has 7 aromatic rings. The third kappa shape index (κ3) is 3.96. The van der Waals surface area contributed by atoms with Crippen LogP contribution < -0.4 is 9.13 Å². The first-order valence-electron chi connectivity index (χ1n) is 18.2. The molecule has 0 fully saturated rings. The summed E-state index contributed by atoms with van der Waals surface area (Å²) in [5.41, 5.74) is 11.2. The highest BCUT2D eigenvalue weighted by atomic mass is 15.4. The lowest BCUT2D eigenvalue weighted by Gasteiger charge is -2.47. The predicted molar refractivity (Wildman–Crippen MR) is 200 cm³/mol. The van der Waals surface area contributed by atoms with Crippen molar-refractivity contribution >= 4 is 32.7 Å². The van der Waals surface area contributed by atoms with Gasteiger partial charge in [-0.3, -0.25) is 0 Å². The SMILES string of the molecule is CCC1(C)n2nc(C(C)(C)C)cc2-c2cccc[n+]2C1(CC)CCC1c2cc3c(cc2-c2ccc4ccccc4[n+]21)c1ccccc1n3C. The van der Waals surface area contributed by atoms with E-state index in [1.807, 2.05) is 0 Å². The maximum absolute atomic E-state index is 5.44. The Morgan fingerprint density at radius 3 is 2.37 bits per heavy atom. The first kappa shape index (κ1) is 30.3. The van der Waals surface area contributed by atoms with E-state index in [9.17, 15) is 0 Å². The highest BCUT2D eigenvalue weighted by Gasteiger charge is 2.61. The predicted octanol–water partition coefficient (Wildman–Crippen LogP) is 9.52. The zero-order valence-corrected chi connectivity index (χ0v) is 30.0. The molecule has 0 radical (unpaired) electrons. The molecule has 0 spiro atoms. The molecule has 2 aliphatic heterocycles. The first-order chi connectivity index (χ1) is 23.6. The van der Waals surface area contributed by atoms with Crippen molar-refractivity contribution in [1.29, 1.82) is 0 Å². The summed E-state index contributed by atoms with van der Waals surface area (Å²) in [6.07, 6.45) is 6.38. The Morgan fingerprint density at radius 2 is 1.57 bits per heavy atom. The van der Waals surface area contributed by atoms with Crippen LogP contribution >= 0.6 is 0 Å². The molecule has 2 aliphatic rings. The van der Waals surface area contributed by atoms with Gasteiger partial charge in [-0.1, -0.05) is 65.0 Å². The minimum atomic E-state index is -0.215. The molecule has 4 aromatic heterocycles. The summed E-state index contributed by atoms with van der Waals surface area (Å²) in [4.78, 5) is 0. The molecule has 6 heterocycles. The Labute approximate surface area is 289 Å². The molecule has 0 saturated heterocycles. The third-order valence-electron chi connectivity index (χ3n) is 12.5. The maximum Gasteiger partial charge on any atom is 0.231 e. The van der Waals surface area contributed by atoms with Crippen LogP contribution in [0.4, 0.5) is 0 Å². The standard InChI is InChI=1S/C44H47N5/c1-8-43(6)44(9-2,47-25-15-14-20-38(47)40-28-41(42(3,4)5)45-49(40)43)24-23-37-33-27-39-31(30-17-11-13-19-35(30)46(39)7)26-32(33)36-22-21-29-16-10-12-18-34(29)48(36)37/h10-22,25-28,37H,8-9,23-24H2,1-7H3/q+2. The maximum atomic E-state index is 5.44. The highest BCUT2D eigenvalue weighted by molar-refractivity contribution is 6.09. The molecule has 3 unspecified atom stereocenters. The van der Waals surface area contributed by atoms with Gasteiger partial charge in [-0.05, 0) is 55.8 Å². The fourth-order valence-corrected chi connectivity index (χ4v) is 9.68. The van der Waals surface area contributed by atoms with E-state index in [2.05, 4.69) is 170 Å². The zero-order valence-electron chi connectivity index (χ0n) is 30.0. The molecule has 0 bridgehead atoms. The number of para-hydroxylation sites is 2. The van der Waals surface area contributed by atoms with Crippen LogP contribution in [0.3, 0.4) is 0 Å². The third-order valence-corrected chi connectivity index (χ3v) is 12.5. The molecule has 49 heavy (non-hydrogen) atoms. The van der Waals surface area contributed by atoms with Crippen molar-refractivity contribution in [3.05, 3.63) is 115 Å². The number of hydrogen-bond acceptors (Lipinski definition) is 1. The number of aromatic nitrogens is 5. The summed E-state index contributed by atoms with van der Waals surface area (Å²) >= 11 is 0. The summed E-state index contributed by atoms with van der Waals surface area (Å²) < 4.78 is 10.1. The number of hydrogen-bond donors (Lipinski definition) is 0. The Morgan fingerprint density at radius 1 is 0.796 bits per heavy atom. The molecule has 0 amide bonds.